The third-order valence-electron chi connectivity index (χ3n) is 5.96. The Kier molecular flexibility index (Phi) is 17.1. The van der Waals surface area contributed by atoms with Crippen LogP contribution in [0, 0.1) is 0 Å². The summed E-state index contributed by atoms with van der Waals surface area (Å²) in [5.74, 6) is 0. The topological polar surface area (TPSA) is 18.5 Å². The molecule has 27 heavy (non-hydrogen) atoms. The molecule has 0 aliphatic carbocycles. The molecule has 0 bridgehead atoms. The van der Waals surface area contributed by atoms with E-state index in [1.807, 2.05) is 7.11 Å². The van der Waals surface area contributed by atoms with Crippen LogP contribution in [0.5, 0.6) is 0 Å². The van der Waals surface area contributed by atoms with Crippen LogP contribution in [0.2, 0.25) is 11.1 Å². The fourth-order valence-electron chi connectivity index (χ4n) is 4.09. The van der Waals surface area contributed by atoms with Gasteiger partial charge in [0.15, 0.2) is 0 Å². The van der Waals surface area contributed by atoms with Gasteiger partial charge in [-0.1, -0.05) is 124 Å². The summed E-state index contributed by atoms with van der Waals surface area (Å²) < 4.78 is 12.2. The number of rotatable bonds is 19. The molecule has 0 aliphatic rings. The molecule has 0 aromatic rings. The highest BCUT2D eigenvalue weighted by atomic mass is 28.4. The lowest BCUT2D eigenvalue weighted by molar-refractivity contribution is 0.183. The van der Waals surface area contributed by atoms with Gasteiger partial charge in [-0.05, 0) is 13.0 Å². The molecule has 0 rings (SSSR count). The van der Waals surface area contributed by atoms with Crippen molar-refractivity contribution in [2.45, 2.75) is 142 Å². The molecule has 0 fully saturated rings. The molecule has 0 aromatic heterocycles. The van der Waals surface area contributed by atoms with E-state index in [0.717, 1.165) is 12.7 Å². The van der Waals surface area contributed by atoms with Gasteiger partial charge in [0, 0.05) is 18.8 Å². The summed E-state index contributed by atoms with van der Waals surface area (Å²) in [5, 5.41) is 0.147. The molecule has 0 N–H and O–H groups in total. The maximum absolute atomic E-state index is 6.18. The van der Waals surface area contributed by atoms with Gasteiger partial charge in [-0.25, -0.2) is 0 Å². The molecule has 0 heterocycles. The molecular weight excluding hydrogens is 348 g/mol. The van der Waals surface area contributed by atoms with Gasteiger partial charge in [0.2, 0.25) is 0 Å². The molecule has 1 atom stereocenters. The highest BCUT2D eigenvalue weighted by Crippen LogP contribution is 2.41. The van der Waals surface area contributed by atoms with Crippen molar-refractivity contribution < 1.29 is 8.85 Å². The minimum atomic E-state index is -2.08. The van der Waals surface area contributed by atoms with Crippen molar-refractivity contribution in [3.05, 3.63) is 0 Å². The quantitative estimate of drug-likeness (QED) is 0.159. The largest absolute Gasteiger partial charge is 0.397 e. The average molecular weight is 401 g/mol. The Balaban J connectivity index is 3.56. The van der Waals surface area contributed by atoms with E-state index in [1.165, 1.54) is 96.3 Å². The Morgan fingerprint density at radius 2 is 0.963 bits per heavy atom. The highest BCUT2D eigenvalue weighted by Gasteiger charge is 2.47. The second-order valence-corrected chi connectivity index (χ2v) is 13.5. The summed E-state index contributed by atoms with van der Waals surface area (Å²) in [7, 11) is -0.217. The summed E-state index contributed by atoms with van der Waals surface area (Å²) in [6.07, 6.45) is 21.2. The van der Waals surface area contributed by atoms with Gasteiger partial charge < -0.3 is 8.85 Å². The first kappa shape index (κ1) is 27.1. The molecule has 2 nitrogen and oxygen atoms in total. The Hall–Kier alpha value is 0.137. The van der Waals surface area contributed by atoms with Crippen molar-refractivity contribution in [3.8, 4) is 0 Å². The van der Waals surface area contributed by atoms with Gasteiger partial charge in [-0.2, -0.15) is 0 Å². The fraction of sp³-hybridized carbons (Fsp3) is 1.00. The van der Waals surface area contributed by atoms with Gasteiger partial charge in [-0.15, -0.1) is 0 Å². The zero-order chi connectivity index (χ0) is 20.4. The zero-order valence-electron chi connectivity index (χ0n) is 19.8. The molecule has 1 unspecified atom stereocenters. The van der Waals surface area contributed by atoms with Crippen LogP contribution in [0.15, 0.2) is 0 Å². The van der Waals surface area contributed by atoms with Crippen molar-refractivity contribution in [1.82, 2.24) is 0 Å². The van der Waals surface area contributed by atoms with Crippen LogP contribution >= 0.6 is 0 Å². The SMILES string of the molecule is CCCCCCCCCCCCCCCCC[Si](OC)(OCC)C(C)(C)C. The third-order valence-corrected chi connectivity index (χ3v) is 10.7. The fourth-order valence-corrected chi connectivity index (χ4v) is 7.54. The van der Waals surface area contributed by atoms with E-state index in [9.17, 15) is 0 Å². The van der Waals surface area contributed by atoms with E-state index in [1.54, 1.807) is 0 Å². The molecule has 0 spiro atoms. The molecule has 0 saturated heterocycles. The van der Waals surface area contributed by atoms with Crippen LogP contribution in [0.4, 0.5) is 0 Å². The Labute approximate surface area is 173 Å². The Morgan fingerprint density at radius 1 is 0.593 bits per heavy atom. The first-order chi connectivity index (χ1) is 12.9. The van der Waals surface area contributed by atoms with Crippen molar-refractivity contribution in [3.63, 3.8) is 0 Å². The van der Waals surface area contributed by atoms with Gasteiger partial charge in [0.1, 0.15) is 0 Å². The van der Waals surface area contributed by atoms with Crippen molar-refractivity contribution in [1.29, 1.82) is 0 Å². The predicted molar refractivity (Wildman–Crippen MR) is 124 cm³/mol. The molecule has 0 amide bonds. The summed E-state index contributed by atoms with van der Waals surface area (Å²) in [6.45, 7) is 12.0. The smallest absolute Gasteiger partial charge is 0.343 e. The first-order valence-electron chi connectivity index (χ1n) is 12.1. The minimum absolute atomic E-state index is 0.147. The molecular formula is C24H52O2Si. The van der Waals surface area contributed by atoms with Crippen LogP contribution in [-0.2, 0) is 8.85 Å². The molecule has 3 heteroatoms. The number of hydrogen-bond acceptors (Lipinski definition) is 2. The van der Waals surface area contributed by atoms with Crippen LogP contribution < -0.4 is 0 Å². The number of hydrogen-bond donors (Lipinski definition) is 0. The van der Waals surface area contributed by atoms with E-state index in [2.05, 4.69) is 34.6 Å². The standard InChI is InChI=1S/C24H52O2Si/c1-7-9-10-11-12-13-14-15-16-17-18-19-20-21-22-23-27(25-6,26-8-2)24(3,4)5/h7-23H2,1-6H3. The minimum Gasteiger partial charge on any atom is -0.397 e. The van der Waals surface area contributed by atoms with Gasteiger partial charge in [-0.3, -0.25) is 0 Å². The van der Waals surface area contributed by atoms with Gasteiger partial charge in [0.05, 0.1) is 0 Å². The van der Waals surface area contributed by atoms with E-state index in [4.69, 9.17) is 8.85 Å². The number of unbranched alkanes of at least 4 members (excludes halogenated alkanes) is 14. The van der Waals surface area contributed by atoms with Gasteiger partial charge >= 0.3 is 8.56 Å². The monoisotopic (exact) mass is 400 g/mol. The van der Waals surface area contributed by atoms with Crippen molar-refractivity contribution in [2.24, 2.45) is 0 Å². The molecule has 0 aliphatic heterocycles. The van der Waals surface area contributed by atoms with Gasteiger partial charge in [0.25, 0.3) is 0 Å². The molecule has 0 radical (unpaired) electrons. The lowest BCUT2D eigenvalue weighted by atomic mass is 10.0. The maximum Gasteiger partial charge on any atom is 0.343 e. The Bertz CT molecular complexity index is 314. The van der Waals surface area contributed by atoms with E-state index in [-0.39, 0.29) is 5.04 Å². The second kappa shape index (κ2) is 17.0. The van der Waals surface area contributed by atoms with E-state index >= 15 is 0 Å². The third kappa shape index (κ3) is 13.1. The first-order valence-corrected chi connectivity index (χ1v) is 14.1. The lowest BCUT2D eigenvalue weighted by Gasteiger charge is -2.39. The van der Waals surface area contributed by atoms with Crippen molar-refractivity contribution >= 4 is 8.56 Å². The average Bonchev–Trinajstić information content (AvgIpc) is 2.63. The van der Waals surface area contributed by atoms with Crippen LogP contribution in [-0.4, -0.2) is 22.3 Å². The zero-order valence-corrected chi connectivity index (χ0v) is 20.8. The molecule has 0 aromatic carbocycles. The second-order valence-electron chi connectivity index (χ2n) is 9.34. The van der Waals surface area contributed by atoms with Crippen LogP contribution in [0.3, 0.4) is 0 Å². The summed E-state index contributed by atoms with van der Waals surface area (Å²) in [4.78, 5) is 0. The summed E-state index contributed by atoms with van der Waals surface area (Å²) in [6, 6.07) is 1.14. The van der Waals surface area contributed by atoms with Crippen molar-refractivity contribution in [2.75, 3.05) is 13.7 Å². The maximum atomic E-state index is 6.18. The van der Waals surface area contributed by atoms with Crippen LogP contribution in [0.25, 0.3) is 0 Å². The van der Waals surface area contributed by atoms with E-state index < -0.39 is 8.56 Å². The summed E-state index contributed by atoms with van der Waals surface area (Å²) >= 11 is 0. The van der Waals surface area contributed by atoms with Crippen LogP contribution in [0.1, 0.15) is 131 Å². The highest BCUT2D eigenvalue weighted by molar-refractivity contribution is 6.70. The summed E-state index contributed by atoms with van der Waals surface area (Å²) in [5.41, 5.74) is 0. The predicted octanol–water partition coefficient (Wildman–Crippen LogP) is 8.78. The molecule has 164 valence electrons. The lowest BCUT2D eigenvalue weighted by Crippen LogP contribution is -2.49. The Morgan fingerprint density at radius 3 is 1.26 bits per heavy atom. The molecule has 0 saturated carbocycles. The normalized spacial score (nSPS) is 14.4. The van der Waals surface area contributed by atoms with E-state index in [0.29, 0.717) is 0 Å².